The first-order valence-corrected chi connectivity index (χ1v) is 6.64. The van der Waals surface area contributed by atoms with Gasteiger partial charge in [0.05, 0.1) is 6.54 Å². The molecule has 0 aliphatic heterocycles. The van der Waals surface area contributed by atoms with Crippen LogP contribution in [0, 0.1) is 10.5 Å². The average Bonchev–Trinajstić information content (AvgIpc) is 2.36. The van der Waals surface area contributed by atoms with Gasteiger partial charge in [-0.25, -0.2) is 4.79 Å². The van der Waals surface area contributed by atoms with Crippen molar-refractivity contribution in [2.45, 2.75) is 13.5 Å². The van der Waals surface area contributed by atoms with Crippen LogP contribution < -0.4 is 11.2 Å². The quantitative estimate of drug-likeness (QED) is 0.655. The number of halogens is 1. The largest absolute Gasteiger partial charge is 0.328 e. The maximum absolute atomic E-state index is 12.0. The van der Waals surface area contributed by atoms with Crippen LogP contribution in [-0.2, 0) is 6.54 Å². The van der Waals surface area contributed by atoms with Crippen molar-refractivity contribution in [3.05, 3.63) is 66.0 Å². The highest BCUT2D eigenvalue weighted by Crippen LogP contribution is 2.08. The van der Waals surface area contributed by atoms with Crippen molar-refractivity contribution in [1.82, 2.24) is 9.55 Å². The Morgan fingerprint density at radius 1 is 1.26 bits per heavy atom. The van der Waals surface area contributed by atoms with E-state index in [2.05, 4.69) is 27.6 Å². The Balaban J connectivity index is 2.29. The van der Waals surface area contributed by atoms with Crippen LogP contribution in [0.3, 0.4) is 0 Å². The fourth-order valence-electron chi connectivity index (χ4n) is 1.62. The molecule has 0 aliphatic rings. The molecule has 0 bridgehead atoms. The molecule has 0 saturated heterocycles. The Hall–Kier alpha value is -1.70. The third-order valence-corrected chi connectivity index (χ3v) is 3.39. The number of aromatic nitrogens is 2. The third kappa shape index (κ3) is 3.19. The van der Waals surface area contributed by atoms with Crippen LogP contribution >= 0.6 is 22.6 Å². The second-order valence-electron chi connectivity index (χ2n) is 4.13. The minimum atomic E-state index is -0.575. The zero-order valence-corrected chi connectivity index (χ0v) is 12.3. The van der Waals surface area contributed by atoms with Gasteiger partial charge in [-0.3, -0.25) is 19.1 Å². The first-order valence-electron chi connectivity index (χ1n) is 5.56. The number of nitrogens with one attached hydrogen (secondary N) is 1. The van der Waals surface area contributed by atoms with Gasteiger partial charge in [-0.05, 0) is 41.6 Å². The normalized spacial score (nSPS) is 10.4. The number of nitrogens with zero attached hydrogens (tertiary/aromatic N) is 1. The average molecular weight is 370 g/mol. The van der Waals surface area contributed by atoms with E-state index in [1.807, 2.05) is 12.1 Å². The zero-order valence-electron chi connectivity index (χ0n) is 10.1. The van der Waals surface area contributed by atoms with Crippen LogP contribution in [0.2, 0.25) is 0 Å². The lowest BCUT2D eigenvalue weighted by Crippen LogP contribution is -2.32. The smallest absolute Gasteiger partial charge is 0.293 e. The summed E-state index contributed by atoms with van der Waals surface area (Å²) < 4.78 is 2.24. The molecule has 1 heterocycles. The highest BCUT2D eigenvalue weighted by Gasteiger charge is 2.09. The number of ketones is 1. The molecular formula is C13H11IN2O3. The fraction of sp³-hybridized carbons (Fsp3) is 0.154. The van der Waals surface area contributed by atoms with Gasteiger partial charge in [-0.15, -0.1) is 0 Å². The summed E-state index contributed by atoms with van der Waals surface area (Å²) in [6.07, 6.45) is 1.39. The van der Waals surface area contributed by atoms with Crippen LogP contribution in [-0.4, -0.2) is 15.3 Å². The van der Waals surface area contributed by atoms with Gasteiger partial charge in [0.2, 0.25) is 0 Å². The van der Waals surface area contributed by atoms with Crippen molar-refractivity contribution in [1.29, 1.82) is 0 Å². The molecule has 1 aromatic carbocycles. The highest BCUT2D eigenvalue weighted by atomic mass is 127. The topological polar surface area (TPSA) is 71.9 Å². The van der Waals surface area contributed by atoms with Crippen LogP contribution in [0.4, 0.5) is 0 Å². The molecule has 0 spiro atoms. The molecule has 0 saturated carbocycles. The molecule has 6 heteroatoms. The molecule has 1 N–H and O–H groups in total. The van der Waals surface area contributed by atoms with Crippen molar-refractivity contribution in [2.75, 3.05) is 0 Å². The Morgan fingerprint density at radius 3 is 2.53 bits per heavy atom. The van der Waals surface area contributed by atoms with E-state index in [0.717, 1.165) is 3.57 Å². The Morgan fingerprint density at radius 2 is 1.89 bits per heavy atom. The summed E-state index contributed by atoms with van der Waals surface area (Å²) in [5, 5.41) is 0. The Labute approximate surface area is 122 Å². The van der Waals surface area contributed by atoms with Crippen LogP contribution in [0.25, 0.3) is 0 Å². The summed E-state index contributed by atoms with van der Waals surface area (Å²) in [7, 11) is 0. The van der Waals surface area contributed by atoms with Crippen molar-refractivity contribution in [3.8, 4) is 0 Å². The van der Waals surface area contributed by atoms with Gasteiger partial charge in [0.15, 0.2) is 5.78 Å². The molecule has 0 aliphatic carbocycles. The predicted molar refractivity (Wildman–Crippen MR) is 79.5 cm³/mol. The molecule has 98 valence electrons. The summed E-state index contributed by atoms with van der Waals surface area (Å²) >= 11 is 2.15. The number of Topliss-reactive ketones (excluding diaryl/α,β-unsaturated/α-hetero) is 1. The van der Waals surface area contributed by atoms with Crippen molar-refractivity contribution < 1.29 is 4.79 Å². The van der Waals surface area contributed by atoms with Crippen molar-refractivity contribution >= 4 is 28.4 Å². The molecule has 0 radical (unpaired) electrons. The first-order chi connectivity index (χ1) is 8.97. The number of benzene rings is 1. The number of aryl methyl sites for hydroxylation is 1. The van der Waals surface area contributed by atoms with E-state index in [-0.39, 0.29) is 12.3 Å². The van der Waals surface area contributed by atoms with Gasteiger partial charge in [0.25, 0.3) is 5.56 Å². The monoisotopic (exact) mass is 370 g/mol. The molecule has 2 rings (SSSR count). The number of carbonyl (C=O) groups is 1. The number of hydrogen-bond acceptors (Lipinski definition) is 3. The second-order valence-corrected chi connectivity index (χ2v) is 5.37. The lowest BCUT2D eigenvalue weighted by Gasteiger charge is -2.05. The maximum atomic E-state index is 12.0. The van der Waals surface area contributed by atoms with E-state index in [1.165, 1.54) is 10.8 Å². The molecule has 1 aromatic heterocycles. The number of carbonyl (C=O) groups excluding carboxylic acids is 1. The molecule has 0 amide bonds. The lowest BCUT2D eigenvalue weighted by atomic mass is 10.1. The Kier molecular flexibility index (Phi) is 3.98. The maximum Gasteiger partial charge on any atom is 0.328 e. The van der Waals surface area contributed by atoms with E-state index in [4.69, 9.17) is 0 Å². The van der Waals surface area contributed by atoms with E-state index >= 15 is 0 Å². The second kappa shape index (κ2) is 5.52. The molecular weight excluding hydrogens is 359 g/mol. The first kappa shape index (κ1) is 13.7. The molecule has 19 heavy (non-hydrogen) atoms. The molecule has 0 unspecified atom stereocenters. The fourth-order valence-corrected chi connectivity index (χ4v) is 1.98. The highest BCUT2D eigenvalue weighted by molar-refractivity contribution is 14.1. The molecule has 0 atom stereocenters. The van der Waals surface area contributed by atoms with Gasteiger partial charge in [-0.2, -0.15) is 0 Å². The van der Waals surface area contributed by atoms with Crippen LogP contribution in [0.15, 0.2) is 40.1 Å². The van der Waals surface area contributed by atoms with Crippen molar-refractivity contribution in [3.63, 3.8) is 0 Å². The van der Waals surface area contributed by atoms with E-state index < -0.39 is 11.2 Å². The number of aromatic amines is 1. The molecule has 2 aromatic rings. The summed E-state index contributed by atoms with van der Waals surface area (Å²) in [5.74, 6) is -0.176. The van der Waals surface area contributed by atoms with E-state index in [0.29, 0.717) is 11.1 Å². The standard InChI is InChI=1S/C13H11IN2O3/c1-8-6-16(13(19)15-12(8)18)7-11(17)9-2-4-10(14)5-3-9/h2-6H,7H2,1H3,(H,15,18,19). The predicted octanol–water partition coefficient (Wildman–Crippen LogP) is 1.33. The van der Waals surface area contributed by atoms with Crippen LogP contribution in [0.5, 0.6) is 0 Å². The summed E-state index contributed by atoms with van der Waals surface area (Å²) in [4.78, 5) is 37.0. The molecule has 5 nitrogen and oxygen atoms in total. The molecule has 0 fully saturated rings. The Bertz CT molecular complexity index is 729. The number of hydrogen-bond donors (Lipinski definition) is 1. The minimum absolute atomic E-state index is 0.0863. The lowest BCUT2D eigenvalue weighted by molar-refractivity contribution is 0.0970. The number of rotatable bonds is 3. The van der Waals surface area contributed by atoms with Gasteiger partial charge >= 0.3 is 5.69 Å². The zero-order chi connectivity index (χ0) is 14.0. The van der Waals surface area contributed by atoms with E-state index in [1.54, 1.807) is 19.1 Å². The van der Waals surface area contributed by atoms with Gasteiger partial charge in [0, 0.05) is 20.9 Å². The van der Waals surface area contributed by atoms with E-state index in [9.17, 15) is 14.4 Å². The number of H-pyrrole nitrogens is 1. The summed E-state index contributed by atoms with van der Waals surface area (Å²) in [6.45, 7) is 1.50. The summed E-state index contributed by atoms with van der Waals surface area (Å²) in [6, 6.07) is 7.09. The minimum Gasteiger partial charge on any atom is -0.293 e. The van der Waals surface area contributed by atoms with Gasteiger partial charge in [0.1, 0.15) is 0 Å². The SMILES string of the molecule is Cc1cn(CC(=O)c2ccc(I)cc2)c(=O)[nH]c1=O. The van der Waals surface area contributed by atoms with Gasteiger partial charge in [-0.1, -0.05) is 12.1 Å². The van der Waals surface area contributed by atoms with Crippen molar-refractivity contribution in [2.24, 2.45) is 0 Å². The third-order valence-electron chi connectivity index (χ3n) is 2.67. The van der Waals surface area contributed by atoms with Crippen LogP contribution in [0.1, 0.15) is 15.9 Å². The summed E-state index contributed by atoms with van der Waals surface area (Å²) in [5.41, 5.74) is -0.0661. The van der Waals surface area contributed by atoms with Gasteiger partial charge < -0.3 is 0 Å².